The first kappa shape index (κ1) is 24.3. The van der Waals surface area contributed by atoms with E-state index in [4.69, 9.17) is 14.5 Å². The van der Waals surface area contributed by atoms with Gasteiger partial charge in [-0.2, -0.15) is 0 Å². The lowest BCUT2D eigenvalue weighted by Gasteiger charge is -2.32. The van der Waals surface area contributed by atoms with Gasteiger partial charge in [0, 0.05) is 17.1 Å². The Balaban J connectivity index is 1.76. The highest BCUT2D eigenvalue weighted by Gasteiger charge is 2.33. The van der Waals surface area contributed by atoms with E-state index in [1.54, 1.807) is 34.8 Å². The van der Waals surface area contributed by atoms with Crippen LogP contribution in [0.15, 0.2) is 34.2 Å². The van der Waals surface area contributed by atoms with E-state index in [-0.39, 0.29) is 11.2 Å². The summed E-state index contributed by atoms with van der Waals surface area (Å²) in [5, 5.41) is 1.53. The van der Waals surface area contributed by atoms with Crippen molar-refractivity contribution in [2.75, 3.05) is 12.9 Å². The number of aromatic nitrogens is 2. The van der Waals surface area contributed by atoms with Gasteiger partial charge < -0.3 is 9.47 Å². The van der Waals surface area contributed by atoms with E-state index in [0.717, 1.165) is 62.3 Å². The quantitative estimate of drug-likeness (QED) is 0.180. The number of thioether (sulfide) groups is 1. The molecule has 3 aromatic rings. The maximum absolute atomic E-state index is 14.0. The van der Waals surface area contributed by atoms with Crippen molar-refractivity contribution >= 4 is 33.3 Å². The fourth-order valence-corrected chi connectivity index (χ4v) is 6.41. The SMILES string of the molecule is CCCCCCCSc1nc2sc3c(c2c(=O)n1-c1ccc(OC)cc1)CC(C)(CC)OC3. The summed E-state index contributed by atoms with van der Waals surface area (Å²) in [5.74, 6) is 1.73. The lowest BCUT2D eigenvalue weighted by molar-refractivity contribution is -0.0543. The van der Waals surface area contributed by atoms with Crippen molar-refractivity contribution < 1.29 is 9.47 Å². The third-order valence-corrected chi connectivity index (χ3v) is 8.66. The van der Waals surface area contributed by atoms with Crippen molar-refractivity contribution in [1.82, 2.24) is 9.55 Å². The van der Waals surface area contributed by atoms with E-state index in [1.807, 2.05) is 24.3 Å². The summed E-state index contributed by atoms with van der Waals surface area (Å²) in [6, 6.07) is 7.68. The molecule has 1 aromatic carbocycles. The van der Waals surface area contributed by atoms with E-state index < -0.39 is 0 Å². The van der Waals surface area contributed by atoms with Gasteiger partial charge in [0.25, 0.3) is 5.56 Å². The van der Waals surface area contributed by atoms with Crippen LogP contribution in [0.1, 0.15) is 69.7 Å². The largest absolute Gasteiger partial charge is 0.497 e. The number of unbranched alkanes of at least 4 members (excludes halogenated alkanes) is 4. The maximum atomic E-state index is 14.0. The van der Waals surface area contributed by atoms with Gasteiger partial charge in [0.2, 0.25) is 0 Å². The Morgan fingerprint density at radius 2 is 1.94 bits per heavy atom. The highest BCUT2D eigenvalue weighted by Crippen LogP contribution is 2.39. The predicted molar refractivity (Wildman–Crippen MR) is 138 cm³/mol. The zero-order valence-electron chi connectivity index (χ0n) is 20.1. The first-order valence-corrected chi connectivity index (χ1v) is 13.8. The molecule has 7 heteroatoms. The van der Waals surface area contributed by atoms with Gasteiger partial charge in [-0.05, 0) is 49.6 Å². The van der Waals surface area contributed by atoms with Crippen molar-refractivity contribution in [2.24, 2.45) is 0 Å². The minimum absolute atomic E-state index is 0.0245. The fraction of sp³-hybridized carbons (Fsp3) is 0.538. The molecule has 0 N–H and O–H groups in total. The Morgan fingerprint density at radius 3 is 2.64 bits per heavy atom. The maximum Gasteiger partial charge on any atom is 0.267 e. The second kappa shape index (κ2) is 10.6. The van der Waals surface area contributed by atoms with Crippen LogP contribution in [0.2, 0.25) is 0 Å². The number of nitrogens with zero attached hydrogens (tertiary/aromatic N) is 2. The van der Waals surface area contributed by atoms with Gasteiger partial charge in [-0.1, -0.05) is 51.3 Å². The lowest BCUT2D eigenvalue weighted by Crippen LogP contribution is -2.34. The van der Waals surface area contributed by atoms with E-state index in [2.05, 4.69) is 20.8 Å². The molecule has 1 unspecified atom stereocenters. The van der Waals surface area contributed by atoms with Gasteiger partial charge >= 0.3 is 0 Å². The van der Waals surface area contributed by atoms with Crippen LogP contribution in [-0.2, 0) is 17.8 Å². The first-order valence-electron chi connectivity index (χ1n) is 12.0. The third kappa shape index (κ3) is 5.15. The van der Waals surface area contributed by atoms with Crippen LogP contribution in [0.25, 0.3) is 15.9 Å². The Labute approximate surface area is 204 Å². The molecule has 33 heavy (non-hydrogen) atoms. The highest BCUT2D eigenvalue weighted by atomic mass is 32.2. The van der Waals surface area contributed by atoms with E-state index >= 15 is 0 Å². The molecule has 0 saturated heterocycles. The molecule has 4 rings (SSSR count). The summed E-state index contributed by atoms with van der Waals surface area (Å²) < 4.78 is 13.3. The second-order valence-electron chi connectivity index (χ2n) is 8.95. The number of fused-ring (bicyclic) bond motifs is 3. The summed E-state index contributed by atoms with van der Waals surface area (Å²) in [6.07, 6.45) is 7.80. The van der Waals surface area contributed by atoms with Crippen LogP contribution < -0.4 is 10.3 Å². The summed E-state index contributed by atoms with van der Waals surface area (Å²) in [7, 11) is 1.65. The van der Waals surface area contributed by atoms with Gasteiger partial charge in [-0.3, -0.25) is 9.36 Å². The Morgan fingerprint density at radius 1 is 1.18 bits per heavy atom. The van der Waals surface area contributed by atoms with Crippen molar-refractivity contribution in [1.29, 1.82) is 0 Å². The summed E-state index contributed by atoms with van der Waals surface area (Å²) in [5.41, 5.74) is 1.75. The normalized spacial score (nSPS) is 17.9. The van der Waals surface area contributed by atoms with E-state index in [1.165, 1.54) is 25.7 Å². The molecule has 0 radical (unpaired) electrons. The van der Waals surface area contributed by atoms with Crippen molar-refractivity contribution in [3.05, 3.63) is 45.1 Å². The summed E-state index contributed by atoms with van der Waals surface area (Å²) in [4.78, 5) is 21.0. The number of ether oxygens (including phenoxy) is 2. The molecule has 178 valence electrons. The zero-order valence-corrected chi connectivity index (χ0v) is 21.7. The number of hydrogen-bond acceptors (Lipinski definition) is 6. The number of hydrogen-bond donors (Lipinski definition) is 0. The number of rotatable bonds is 10. The molecule has 0 aliphatic carbocycles. The smallest absolute Gasteiger partial charge is 0.267 e. The van der Waals surface area contributed by atoms with Gasteiger partial charge in [-0.15, -0.1) is 11.3 Å². The van der Waals surface area contributed by atoms with Crippen molar-refractivity contribution in [3.63, 3.8) is 0 Å². The molecule has 1 aliphatic heterocycles. The topological polar surface area (TPSA) is 53.4 Å². The number of benzene rings is 1. The van der Waals surface area contributed by atoms with Crippen LogP contribution in [0.3, 0.4) is 0 Å². The fourth-order valence-electron chi connectivity index (χ4n) is 4.25. The van der Waals surface area contributed by atoms with Crippen LogP contribution in [0, 0.1) is 0 Å². The molecular formula is C26H34N2O3S2. The second-order valence-corrected chi connectivity index (χ2v) is 11.1. The van der Waals surface area contributed by atoms with Crippen LogP contribution in [0.4, 0.5) is 0 Å². The van der Waals surface area contributed by atoms with Crippen molar-refractivity contribution in [2.45, 2.75) is 83.1 Å². The third-order valence-electron chi connectivity index (χ3n) is 6.54. The van der Waals surface area contributed by atoms with Crippen LogP contribution in [-0.4, -0.2) is 28.0 Å². The van der Waals surface area contributed by atoms with Crippen LogP contribution in [0.5, 0.6) is 5.75 Å². The Bertz CT molecular complexity index is 1150. The molecule has 0 saturated carbocycles. The molecule has 0 fully saturated rings. The van der Waals surface area contributed by atoms with Crippen molar-refractivity contribution in [3.8, 4) is 11.4 Å². The summed E-state index contributed by atoms with van der Waals surface area (Å²) >= 11 is 3.30. The Kier molecular flexibility index (Phi) is 7.82. The monoisotopic (exact) mass is 486 g/mol. The van der Waals surface area contributed by atoms with Gasteiger partial charge in [-0.25, -0.2) is 4.98 Å². The van der Waals surface area contributed by atoms with E-state index in [0.29, 0.717) is 6.61 Å². The first-order chi connectivity index (χ1) is 16.0. The zero-order chi connectivity index (χ0) is 23.4. The molecular weight excluding hydrogens is 452 g/mol. The van der Waals surface area contributed by atoms with Gasteiger partial charge in [0.05, 0.1) is 30.4 Å². The lowest BCUT2D eigenvalue weighted by atomic mass is 9.90. The molecule has 0 amide bonds. The van der Waals surface area contributed by atoms with Gasteiger partial charge in [0.1, 0.15) is 10.6 Å². The van der Waals surface area contributed by atoms with Gasteiger partial charge in [0.15, 0.2) is 5.16 Å². The molecule has 0 spiro atoms. The minimum atomic E-state index is -0.232. The molecule has 5 nitrogen and oxygen atoms in total. The Hall–Kier alpha value is -1.83. The average molecular weight is 487 g/mol. The molecule has 0 bridgehead atoms. The average Bonchev–Trinajstić information content (AvgIpc) is 3.19. The standard InChI is InChI=1S/C26H34N2O3S2/c1-5-7-8-9-10-15-32-25-27-23-22(20-16-26(3,6-2)31-17-21(20)33-23)24(29)28(25)18-11-13-19(30-4)14-12-18/h11-14H,5-10,15-17H2,1-4H3. The molecule has 1 atom stereocenters. The molecule has 1 aliphatic rings. The minimum Gasteiger partial charge on any atom is -0.497 e. The van der Waals surface area contributed by atoms with E-state index in [9.17, 15) is 4.79 Å². The van der Waals surface area contributed by atoms with Crippen LogP contribution >= 0.6 is 23.1 Å². The number of thiophene rings is 1. The molecule has 2 aromatic heterocycles. The summed E-state index contributed by atoms with van der Waals surface area (Å²) in [6.45, 7) is 7.07. The highest BCUT2D eigenvalue weighted by molar-refractivity contribution is 7.99. The predicted octanol–water partition coefficient (Wildman–Crippen LogP) is 6.76. The molecule has 3 heterocycles. The number of methoxy groups -OCH3 is 1.